The lowest BCUT2D eigenvalue weighted by molar-refractivity contribution is 0.546. The van der Waals surface area contributed by atoms with Crippen molar-refractivity contribution in [3.05, 3.63) is 29.6 Å². The molecule has 0 bridgehead atoms. The molecular formula is C14H20FN3. The van der Waals surface area contributed by atoms with Crippen LogP contribution < -0.4 is 10.6 Å². The Kier molecular flexibility index (Phi) is 3.84. The van der Waals surface area contributed by atoms with E-state index in [9.17, 15) is 4.39 Å². The van der Waals surface area contributed by atoms with Gasteiger partial charge >= 0.3 is 0 Å². The Morgan fingerprint density at radius 2 is 2.11 bits per heavy atom. The number of benzene rings is 1. The van der Waals surface area contributed by atoms with Crippen molar-refractivity contribution in [2.45, 2.75) is 25.7 Å². The normalized spacial score (nSPS) is 15.9. The third-order valence-corrected chi connectivity index (χ3v) is 3.67. The van der Waals surface area contributed by atoms with Crippen molar-refractivity contribution in [3.8, 4) is 0 Å². The first-order chi connectivity index (χ1) is 8.58. The van der Waals surface area contributed by atoms with E-state index in [0.29, 0.717) is 11.5 Å². The maximum atomic E-state index is 13.2. The van der Waals surface area contributed by atoms with E-state index in [1.54, 1.807) is 6.07 Å². The lowest BCUT2D eigenvalue weighted by atomic mass is 10.1. The summed E-state index contributed by atoms with van der Waals surface area (Å²) in [6.45, 7) is 0.950. The van der Waals surface area contributed by atoms with Crippen LogP contribution in [0.4, 0.5) is 10.1 Å². The fourth-order valence-corrected chi connectivity index (χ4v) is 2.74. The van der Waals surface area contributed by atoms with E-state index >= 15 is 0 Å². The molecule has 0 aliphatic heterocycles. The summed E-state index contributed by atoms with van der Waals surface area (Å²) in [5, 5.41) is 7.54. The number of anilines is 1. The average Bonchev–Trinajstić information content (AvgIpc) is 2.81. The summed E-state index contributed by atoms with van der Waals surface area (Å²) in [5.74, 6) is 0.279. The number of nitrogens with one attached hydrogen (secondary N) is 1. The highest BCUT2D eigenvalue weighted by molar-refractivity contribution is 6.00. The van der Waals surface area contributed by atoms with Gasteiger partial charge in [0, 0.05) is 24.8 Å². The first-order valence-corrected chi connectivity index (χ1v) is 6.43. The van der Waals surface area contributed by atoms with Gasteiger partial charge in [-0.1, -0.05) is 12.8 Å². The number of nitrogens with zero attached hydrogens (tertiary/aromatic N) is 1. The molecule has 4 heteroatoms. The van der Waals surface area contributed by atoms with Crippen molar-refractivity contribution in [2.24, 2.45) is 11.7 Å². The maximum absolute atomic E-state index is 13.2. The second kappa shape index (κ2) is 5.38. The third kappa shape index (κ3) is 2.81. The summed E-state index contributed by atoms with van der Waals surface area (Å²) in [4.78, 5) is 2.09. The zero-order chi connectivity index (χ0) is 13.1. The van der Waals surface area contributed by atoms with Crippen molar-refractivity contribution >= 4 is 11.5 Å². The van der Waals surface area contributed by atoms with E-state index < -0.39 is 0 Å². The lowest BCUT2D eigenvalue weighted by Gasteiger charge is -2.25. The molecule has 3 nitrogen and oxygen atoms in total. The monoisotopic (exact) mass is 249 g/mol. The molecular weight excluding hydrogens is 229 g/mol. The molecule has 1 fully saturated rings. The number of hydrogen-bond acceptors (Lipinski definition) is 2. The molecule has 98 valence electrons. The quantitative estimate of drug-likeness (QED) is 0.637. The Labute approximate surface area is 107 Å². The van der Waals surface area contributed by atoms with Gasteiger partial charge in [-0.3, -0.25) is 5.41 Å². The number of nitrogen functional groups attached to an aromatic ring is 1. The zero-order valence-corrected chi connectivity index (χ0v) is 10.7. The molecule has 1 aromatic rings. The minimum atomic E-state index is -0.349. The molecule has 0 aromatic heterocycles. The highest BCUT2D eigenvalue weighted by Crippen LogP contribution is 2.28. The Morgan fingerprint density at radius 3 is 2.72 bits per heavy atom. The zero-order valence-electron chi connectivity index (χ0n) is 10.7. The van der Waals surface area contributed by atoms with E-state index in [0.717, 1.165) is 12.2 Å². The molecule has 0 atom stereocenters. The van der Waals surface area contributed by atoms with E-state index in [2.05, 4.69) is 4.90 Å². The second-order valence-corrected chi connectivity index (χ2v) is 5.11. The Morgan fingerprint density at radius 1 is 1.44 bits per heavy atom. The van der Waals surface area contributed by atoms with E-state index in [-0.39, 0.29) is 11.7 Å². The molecule has 18 heavy (non-hydrogen) atoms. The molecule has 0 unspecified atom stereocenters. The Bertz CT molecular complexity index is 439. The van der Waals surface area contributed by atoms with Crippen LogP contribution in [0.3, 0.4) is 0 Å². The van der Waals surface area contributed by atoms with Crippen LogP contribution in [0.1, 0.15) is 31.2 Å². The number of rotatable bonds is 4. The standard InChI is InChI=1S/C14H20FN3/c1-18(9-10-4-2-3-5-10)13-7-6-11(15)8-12(13)14(16)17/h6-8,10H,2-5,9H2,1H3,(H3,16,17). The van der Waals surface area contributed by atoms with Crippen LogP contribution >= 0.6 is 0 Å². The fourth-order valence-electron chi connectivity index (χ4n) is 2.74. The highest BCUT2D eigenvalue weighted by Gasteiger charge is 2.19. The molecule has 1 aliphatic carbocycles. The first-order valence-electron chi connectivity index (χ1n) is 6.43. The molecule has 0 radical (unpaired) electrons. The average molecular weight is 249 g/mol. The van der Waals surface area contributed by atoms with Gasteiger partial charge in [0.25, 0.3) is 0 Å². The maximum Gasteiger partial charge on any atom is 0.125 e. The van der Waals surface area contributed by atoms with Gasteiger partial charge in [-0.2, -0.15) is 0 Å². The van der Waals surface area contributed by atoms with Crippen LogP contribution in [0.25, 0.3) is 0 Å². The largest absolute Gasteiger partial charge is 0.384 e. The minimum absolute atomic E-state index is 0.0808. The topological polar surface area (TPSA) is 53.1 Å². The van der Waals surface area contributed by atoms with Crippen LogP contribution in [0.2, 0.25) is 0 Å². The lowest BCUT2D eigenvalue weighted by Crippen LogP contribution is -2.27. The fraction of sp³-hybridized carbons (Fsp3) is 0.500. The van der Waals surface area contributed by atoms with E-state index in [4.69, 9.17) is 11.1 Å². The van der Waals surface area contributed by atoms with Gasteiger partial charge in [-0.15, -0.1) is 0 Å². The van der Waals surface area contributed by atoms with Crippen molar-refractivity contribution in [3.63, 3.8) is 0 Å². The van der Waals surface area contributed by atoms with Crippen LogP contribution in [0.5, 0.6) is 0 Å². The van der Waals surface area contributed by atoms with Gasteiger partial charge in [0.05, 0.1) is 0 Å². The van der Waals surface area contributed by atoms with Crippen LogP contribution in [-0.4, -0.2) is 19.4 Å². The molecule has 1 aromatic carbocycles. The van der Waals surface area contributed by atoms with Crippen molar-refractivity contribution in [1.82, 2.24) is 0 Å². The highest BCUT2D eigenvalue weighted by atomic mass is 19.1. The van der Waals surface area contributed by atoms with Crippen molar-refractivity contribution < 1.29 is 4.39 Å². The summed E-state index contributed by atoms with van der Waals surface area (Å²) in [7, 11) is 1.98. The predicted molar refractivity (Wildman–Crippen MR) is 72.6 cm³/mol. The van der Waals surface area contributed by atoms with Crippen molar-refractivity contribution in [1.29, 1.82) is 5.41 Å². The SMILES string of the molecule is CN(CC1CCCC1)c1ccc(F)cc1C(=N)N. The number of halogens is 1. The summed E-state index contributed by atoms with van der Waals surface area (Å²) in [6, 6.07) is 4.47. The van der Waals surface area contributed by atoms with Gasteiger partial charge in [-0.05, 0) is 37.0 Å². The Hall–Kier alpha value is -1.58. The van der Waals surface area contributed by atoms with E-state index in [1.807, 2.05) is 7.05 Å². The molecule has 0 saturated heterocycles. The van der Waals surface area contributed by atoms with Gasteiger partial charge in [0.1, 0.15) is 11.7 Å². The third-order valence-electron chi connectivity index (χ3n) is 3.67. The molecule has 1 saturated carbocycles. The van der Waals surface area contributed by atoms with Gasteiger partial charge in [0.15, 0.2) is 0 Å². The van der Waals surface area contributed by atoms with Crippen LogP contribution in [0, 0.1) is 17.1 Å². The summed E-state index contributed by atoms with van der Waals surface area (Å²) in [6.07, 6.45) is 5.14. The van der Waals surface area contributed by atoms with Gasteiger partial charge < -0.3 is 10.6 Å². The van der Waals surface area contributed by atoms with Crippen LogP contribution in [-0.2, 0) is 0 Å². The molecule has 0 spiro atoms. The number of nitrogens with two attached hydrogens (primary N) is 1. The molecule has 3 N–H and O–H groups in total. The Balaban J connectivity index is 2.17. The number of amidine groups is 1. The minimum Gasteiger partial charge on any atom is -0.384 e. The first kappa shape index (κ1) is 12.9. The predicted octanol–water partition coefficient (Wildman–Crippen LogP) is 2.74. The molecule has 2 rings (SSSR count). The van der Waals surface area contributed by atoms with Crippen LogP contribution in [0.15, 0.2) is 18.2 Å². The molecule has 1 aliphatic rings. The number of hydrogen-bond donors (Lipinski definition) is 2. The van der Waals surface area contributed by atoms with Gasteiger partial charge in [0.2, 0.25) is 0 Å². The summed E-state index contributed by atoms with van der Waals surface area (Å²) in [5.41, 5.74) is 6.84. The smallest absolute Gasteiger partial charge is 0.125 e. The molecule has 0 amide bonds. The van der Waals surface area contributed by atoms with Crippen molar-refractivity contribution in [2.75, 3.05) is 18.5 Å². The summed E-state index contributed by atoms with van der Waals surface area (Å²) < 4.78 is 13.2. The van der Waals surface area contributed by atoms with E-state index in [1.165, 1.54) is 37.8 Å². The second-order valence-electron chi connectivity index (χ2n) is 5.11. The summed E-state index contributed by atoms with van der Waals surface area (Å²) >= 11 is 0. The van der Waals surface area contributed by atoms with Gasteiger partial charge in [-0.25, -0.2) is 4.39 Å². The molecule has 0 heterocycles.